The number of para-hydroxylation sites is 1. The third-order valence-corrected chi connectivity index (χ3v) is 4.56. The number of halogens is 1. The van der Waals surface area contributed by atoms with Crippen LogP contribution in [0.4, 0.5) is 5.69 Å². The summed E-state index contributed by atoms with van der Waals surface area (Å²) in [5.74, 6) is 0.316. The Kier molecular flexibility index (Phi) is 4.19. The molecule has 0 saturated carbocycles. The van der Waals surface area contributed by atoms with E-state index < -0.39 is 0 Å². The van der Waals surface area contributed by atoms with Crippen LogP contribution in [0.25, 0.3) is 5.57 Å². The van der Waals surface area contributed by atoms with Crippen molar-refractivity contribution in [3.05, 3.63) is 70.2 Å². The summed E-state index contributed by atoms with van der Waals surface area (Å²) in [5, 5.41) is 10.8. The molecule has 0 aromatic heterocycles. The van der Waals surface area contributed by atoms with Gasteiger partial charge in [0.2, 0.25) is 5.91 Å². The highest BCUT2D eigenvalue weighted by atomic mass is 35.5. The van der Waals surface area contributed by atoms with E-state index in [0.717, 1.165) is 11.3 Å². The third-order valence-electron chi connectivity index (χ3n) is 3.26. The van der Waals surface area contributed by atoms with Crippen LogP contribution in [-0.2, 0) is 4.79 Å². The fourth-order valence-corrected chi connectivity index (χ4v) is 3.41. The van der Waals surface area contributed by atoms with Crippen LogP contribution in [-0.4, -0.2) is 11.7 Å². The van der Waals surface area contributed by atoms with Crippen molar-refractivity contribution in [1.82, 2.24) is 0 Å². The summed E-state index contributed by atoms with van der Waals surface area (Å²) in [4.78, 5) is 13.8. The molecule has 3 rings (SSSR count). The number of rotatable bonds is 2. The number of benzene rings is 2. The molecular weight excluding hydrogens is 316 g/mol. The fourth-order valence-electron chi connectivity index (χ4n) is 2.25. The van der Waals surface area contributed by atoms with E-state index in [-0.39, 0.29) is 5.91 Å². The van der Waals surface area contributed by atoms with Gasteiger partial charge < -0.3 is 0 Å². The zero-order valence-corrected chi connectivity index (χ0v) is 13.1. The number of nitriles is 1. The lowest BCUT2D eigenvalue weighted by molar-refractivity contribution is -0.115. The van der Waals surface area contributed by atoms with Gasteiger partial charge in [0.25, 0.3) is 0 Å². The van der Waals surface area contributed by atoms with Gasteiger partial charge >= 0.3 is 0 Å². The predicted octanol–water partition coefficient (Wildman–Crippen LogP) is 4.31. The molecule has 1 aliphatic heterocycles. The quantitative estimate of drug-likeness (QED) is 0.772. The maximum atomic E-state index is 12.2. The Balaban J connectivity index is 2.12. The molecule has 3 nitrogen and oxygen atoms in total. The van der Waals surface area contributed by atoms with Gasteiger partial charge in [-0.1, -0.05) is 53.7 Å². The van der Waals surface area contributed by atoms with Crippen LogP contribution in [0.1, 0.15) is 5.56 Å². The predicted molar refractivity (Wildman–Crippen MR) is 90.4 cm³/mol. The normalized spacial score (nSPS) is 16.5. The second-order valence-corrected chi connectivity index (χ2v) is 6.05. The first-order chi connectivity index (χ1) is 10.7. The molecule has 0 unspecified atom stereocenters. The summed E-state index contributed by atoms with van der Waals surface area (Å²) < 4.78 is 0. The summed E-state index contributed by atoms with van der Waals surface area (Å²) in [6.45, 7) is 0. The number of allylic oxidation sites excluding steroid dienone is 1. The zero-order valence-electron chi connectivity index (χ0n) is 11.5. The van der Waals surface area contributed by atoms with Crippen LogP contribution >= 0.6 is 23.4 Å². The Bertz CT molecular complexity index is 779. The number of amides is 1. The SMILES string of the molecule is N#C/C(=C1/SCC(=O)N1c1ccccc1)c1ccc(Cl)cc1. The maximum Gasteiger partial charge on any atom is 0.242 e. The molecule has 108 valence electrons. The van der Waals surface area contributed by atoms with Crippen molar-refractivity contribution < 1.29 is 4.79 Å². The first kappa shape index (κ1) is 14.7. The second kappa shape index (κ2) is 6.27. The minimum Gasteiger partial charge on any atom is -0.273 e. The molecule has 0 aliphatic carbocycles. The smallest absolute Gasteiger partial charge is 0.242 e. The lowest BCUT2D eigenvalue weighted by atomic mass is 10.1. The van der Waals surface area contributed by atoms with Crippen molar-refractivity contribution in [2.75, 3.05) is 10.7 Å². The Morgan fingerprint density at radius 1 is 1.14 bits per heavy atom. The molecule has 0 spiro atoms. The van der Waals surface area contributed by atoms with Crippen molar-refractivity contribution >= 4 is 40.5 Å². The van der Waals surface area contributed by atoms with Gasteiger partial charge in [0.05, 0.1) is 11.3 Å². The molecule has 0 bridgehead atoms. The summed E-state index contributed by atoms with van der Waals surface area (Å²) in [6, 6.07) is 18.6. The lowest BCUT2D eigenvalue weighted by Crippen LogP contribution is -2.24. The van der Waals surface area contributed by atoms with E-state index in [1.54, 1.807) is 29.2 Å². The molecule has 0 atom stereocenters. The van der Waals surface area contributed by atoms with Gasteiger partial charge in [-0.25, -0.2) is 0 Å². The molecule has 1 saturated heterocycles. The van der Waals surface area contributed by atoms with Crippen molar-refractivity contribution in [1.29, 1.82) is 5.26 Å². The standard InChI is InChI=1S/C17H11ClN2OS/c18-13-8-6-12(7-9-13)15(10-19)17-20(16(21)11-22-17)14-4-2-1-3-5-14/h1-9H,11H2/b17-15-. The molecule has 1 heterocycles. The molecule has 0 N–H and O–H groups in total. The number of hydrogen-bond acceptors (Lipinski definition) is 3. The highest BCUT2D eigenvalue weighted by Gasteiger charge is 2.31. The first-order valence-electron chi connectivity index (χ1n) is 6.62. The van der Waals surface area contributed by atoms with Crippen LogP contribution in [0.15, 0.2) is 59.6 Å². The van der Waals surface area contributed by atoms with Gasteiger partial charge in [-0.15, -0.1) is 0 Å². The minimum atomic E-state index is -0.0205. The van der Waals surface area contributed by atoms with Crippen molar-refractivity contribution in [2.24, 2.45) is 0 Å². The topological polar surface area (TPSA) is 44.1 Å². The molecule has 5 heteroatoms. The Labute approximate surface area is 137 Å². The van der Waals surface area contributed by atoms with E-state index in [4.69, 9.17) is 11.6 Å². The largest absolute Gasteiger partial charge is 0.273 e. The average molecular weight is 327 g/mol. The van der Waals surface area contributed by atoms with E-state index in [0.29, 0.717) is 21.4 Å². The second-order valence-electron chi connectivity index (χ2n) is 4.65. The van der Waals surface area contributed by atoms with Crippen LogP contribution in [0, 0.1) is 11.3 Å². The van der Waals surface area contributed by atoms with Gasteiger partial charge in [-0.3, -0.25) is 9.69 Å². The monoisotopic (exact) mass is 326 g/mol. The highest BCUT2D eigenvalue weighted by Crippen LogP contribution is 2.38. The van der Waals surface area contributed by atoms with Crippen LogP contribution in [0.2, 0.25) is 5.02 Å². The van der Waals surface area contributed by atoms with Crippen LogP contribution in [0.3, 0.4) is 0 Å². The lowest BCUT2D eigenvalue weighted by Gasteiger charge is -2.18. The number of thioether (sulfide) groups is 1. The van der Waals surface area contributed by atoms with Crippen molar-refractivity contribution in [2.45, 2.75) is 0 Å². The van der Waals surface area contributed by atoms with Crippen molar-refractivity contribution in [3.63, 3.8) is 0 Å². The number of hydrogen-bond donors (Lipinski definition) is 0. The van der Waals surface area contributed by atoms with Crippen molar-refractivity contribution in [3.8, 4) is 6.07 Å². The van der Waals surface area contributed by atoms with Gasteiger partial charge in [-0.05, 0) is 29.8 Å². The maximum absolute atomic E-state index is 12.2. The summed E-state index contributed by atoms with van der Waals surface area (Å²) in [6.07, 6.45) is 0. The Hall–Kier alpha value is -2.22. The van der Waals surface area contributed by atoms with E-state index in [1.807, 2.05) is 30.3 Å². The van der Waals surface area contributed by atoms with Gasteiger partial charge in [0.15, 0.2) is 0 Å². The molecule has 2 aromatic rings. The van der Waals surface area contributed by atoms with Gasteiger partial charge in [0, 0.05) is 10.7 Å². The Morgan fingerprint density at radius 2 is 1.82 bits per heavy atom. The van der Waals surface area contributed by atoms with E-state index in [2.05, 4.69) is 6.07 Å². The molecule has 0 radical (unpaired) electrons. The van der Waals surface area contributed by atoms with E-state index >= 15 is 0 Å². The molecule has 2 aromatic carbocycles. The van der Waals surface area contributed by atoms with Gasteiger partial charge in [-0.2, -0.15) is 5.26 Å². The summed E-state index contributed by atoms with van der Waals surface area (Å²) in [7, 11) is 0. The highest BCUT2D eigenvalue weighted by molar-refractivity contribution is 8.04. The summed E-state index contributed by atoms with van der Waals surface area (Å²) >= 11 is 7.28. The first-order valence-corrected chi connectivity index (χ1v) is 7.98. The number of carbonyl (C=O) groups excluding carboxylic acids is 1. The molecule has 1 amide bonds. The molecular formula is C17H11ClN2OS. The molecule has 1 aliphatic rings. The van der Waals surface area contributed by atoms with E-state index in [9.17, 15) is 10.1 Å². The number of anilines is 1. The summed E-state index contributed by atoms with van der Waals surface area (Å²) in [5.41, 5.74) is 2.01. The third kappa shape index (κ3) is 2.74. The zero-order chi connectivity index (χ0) is 15.5. The number of carbonyl (C=O) groups is 1. The van der Waals surface area contributed by atoms with E-state index in [1.165, 1.54) is 11.8 Å². The molecule has 22 heavy (non-hydrogen) atoms. The Morgan fingerprint density at radius 3 is 2.45 bits per heavy atom. The van der Waals surface area contributed by atoms with Gasteiger partial charge in [0.1, 0.15) is 11.1 Å². The number of nitrogens with zero attached hydrogens (tertiary/aromatic N) is 2. The van der Waals surface area contributed by atoms with Crippen LogP contribution < -0.4 is 4.90 Å². The average Bonchev–Trinajstić information content (AvgIpc) is 2.92. The minimum absolute atomic E-state index is 0.0205. The van der Waals surface area contributed by atoms with Crippen LogP contribution in [0.5, 0.6) is 0 Å². The fraction of sp³-hybridized carbons (Fsp3) is 0.0588. The molecule has 1 fully saturated rings.